The molecule has 4 aromatic heterocycles. The Morgan fingerprint density at radius 2 is 1.75 bits per heavy atom. The van der Waals surface area contributed by atoms with Crippen molar-refractivity contribution >= 4 is 74.4 Å². The highest BCUT2D eigenvalue weighted by molar-refractivity contribution is 6.33. The number of carbonyl (C=O) groups excluding carboxylic acids is 3. The molecule has 0 radical (unpaired) electrons. The zero-order valence-corrected chi connectivity index (χ0v) is 35.3. The number of rotatable bonds is 11. The molecule has 3 saturated heterocycles. The number of hydrogen-bond acceptors (Lipinski definition) is 13. The largest absolute Gasteiger partial charge is 0.478 e. The summed E-state index contributed by atoms with van der Waals surface area (Å²) in [6, 6.07) is 9.86. The molecule has 7 heterocycles. The van der Waals surface area contributed by atoms with Crippen molar-refractivity contribution in [3.8, 4) is 5.75 Å². The first-order valence-electron chi connectivity index (χ1n) is 20.6. The monoisotopic (exact) mass is 838 g/mol. The molecule has 3 aliphatic rings. The van der Waals surface area contributed by atoms with Gasteiger partial charge >= 0.3 is 0 Å². The van der Waals surface area contributed by atoms with Gasteiger partial charge in [0.25, 0.3) is 11.5 Å². The molecule has 3 amide bonds. The van der Waals surface area contributed by atoms with Gasteiger partial charge in [0, 0.05) is 82.6 Å². The number of anilines is 4. The minimum atomic E-state index is -0.433. The second-order valence-corrected chi connectivity index (χ2v) is 16.5. The molecule has 3 N–H and O–H groups in total. The van der Waals surface area contributed by atoms with Gasteiger partial charge in [0.15, 0.2) is 18.2 Å². The van der Waals surface area contributed by atoms with Crippen LogP contribution in [0, 0.1) is 5.92 Å². The fraction of sp³-hybridized carbons (Fsp3) is 0.476. The van der Waals surface area contributed by atoms with Gasteiger partial charge in [-0.05, 0) is 64.2 Å². The fourth-order valence-corrected chi connectivity index (χ4v) is 9.00. The van der Waals surface area contributed by atoms with E-state index in [9.17, 15) is 19.2 Å². The quantitative estimate of drug-likeness (QED) is 0.162. The summed E-state index contributed by atoms with van der Waals surface area (Å²) in [5.74, 6) is 0.344. The Morgan fingerprint density at radius 1 is 0.983 bits per heavy atom. The van der Waals surface area contributed by atoms with Gasteiger partial charge in [0.05, 0.1) is 40.9 Å². The van der Waals surface area contributed by atoms with Crippen molar-refractivity contribution in [2.24, 2.45) is 13.0 Å². The summed E-state index contributed by atoms with van der Waals surface area (Å²) in [5.41, 5.74) is 3.61. The van der Waals surface area contributed by atoms with Crippen molar-refractivity contribution in [1.82, 2.24) is 44.8 Å². The zero-order chi connectivity index (χ0) is 42.2. The molecule has 5 aromatic rings. The topological polar surface area (TPSA) is 185 Å². The minimum absolute atomic E-state index is 0.0585. The number of hydrogen-bond donors (Lipinski definition) is 3. The lowest BCUT2D eigenvalue weighted by atomic mass is 9.89. The molecule has 2 unspecified atom stereocenters. The maximum Gasteiger partial charge on any atom is 0.294 e. The Morgan fingerprint density at radius 3 is 2.47 bits per heavy atom. The summed E-state index contributed by atoms with van der Waals surface area (Å²) >= 11 is 6.61. The van der Waals surface area contributed by atoms with Crippen molar-refractivity contribution < 1.29 is 19.1 Å². The summed E-state index contributed by atoms with van der Waals surface area (Å²) in [4.78, 5) is 70.8. The molecular weight excluding hydrogens is 788 g/mol. The highest BCUT2D eigenvalue weighted by Gasteiger charge is 2.34. The first-order chi connectivity index (χ1) is 28.9. The molecule has 17 nitrogen and oxygen atoms in total. The first kappa shape index (κ1) is 40.9. The van der Waals surface area contributed by atoms with Gasteiger partial charge in [0.2, 0.25) is 17.8 Å². The summed E-state index contributed by atoms with van der Waals surface area (Å²) < 4.78 is 9.03. The molecule has 0 bridgehead atoms. The first-order valence-corrected chi connectivity index (χ1v) is 21.0. The van der Waals surface area contributed by atoms with E-state index in [1.54, 1.807) is 23.0 Å². The second-order valence-electron chi connectivity index (χ2n) is 16.1. The summed E-state index contributed by atoms with van der Waals surface area (Å²) in [6.45, 7) is 11.1. The van der Waals surface area contributed by atoms with Crippen LogP contribution in [0.25, 0.3) is 21.9 Å². The lowest BCUT2D eigenvalue weighted by Gasteiger charge is -2.44. The number of likely N-dealkylation sites (N-methyl/N-ethyl adjacent to an activating group) is 1. The molecule has 0 spiro atoms. The number of nitrogens with one attached hydrogen (secondary N) is 3. The van der Waals surface area contributed by atoms with Crippen LogP contribution >= 0.6 is 11.6 Å². The Labute approximate surface area is 352 Å². The predicted molar refractivity (Wildman–Crippen MR) is 230 cm³/mol. The van der Waals surface area contributed by atoms with E-state index in [1.807, 2.05) is 43.8 Å². The van der Waals surface area contributed by atoms with E-state index in [0.29, 0.717) is 58.3 Å². The third-order valence-corrected chi connectivity index (χ3v) is 12.4. The average Bonchev–Trinajstić information content (AvgIpc) is 3.59. The van der Waals surface area contributed by atoms with E-state index in [-0.39, 0.29) is 41.7 Å². The van der Waals surface area contributed by atoms with Crippen LogP contribution in [0.4, 0.5) is 23.1 Å². The third kappa shape index (κ3) is 8.07. The van der Waals surface area contributed by atoms with Crippen LogP contribution in [0.5, 0.6) is 5.75 Å². The third-order valence-electron chi connectivity index (χ3n) is 12.2. The Bertz CT molecular complexity index is 2510. The van der Waals surface area contributed by atoms with Gasteiger partial charge in [-0.15, -0.1) is 0 Å². The van der Waals surface area contributed by atoms with Crippen LogP contribution < -0.4 is 36.0 Å². The van der Waals surface area contributed by atoms with Gasteiger partial charge in [-0.25, -0.2) is 9.97 Å². The van der Waals surface area contributed by atoms with Crippen LogP contribution in [0.2, 0.25) is 5.02 Å². The maximum absolute atomic E-state index is 13.2. The van der Waals surface area contributed by atoms with Gasteiger partial charge < -0.3 is 25.2 Å². The fourth-order valence-electron chi connectivity index (χ4n) is 8.86. The molecule has 0 aliphatic carbocycles. The Hall–Kier alpha value is -5.81. The second kappa shape index (κ2) is 17.0. The number of carbonyl (C=O) groups is 3. The molecule has 18 heteroatoms. The number of halogens is 1. The number of aromatic nitrogens is 6. The molecule has 2 atom stereocenters. The van der Waals surface area contributed by atoms with Crippen molar-refractivity contribution in [2.75, 3.05) is 68.0 Å². The molecule has 0 saturated carbocycles. The smallest absolute Gasteiger partial charge is 0.294 e. The van der Waals surface area contributed by atoms with Gasteiger partial charge in [-0.1, -0.05) is 23.7 Å². The van der Waals surface area contributed by atoms with Crippen LogP contribution in [-0.4, -0.2) is 111 Å². The lowest BCUT2D eigenvalue weighted by Crippen LogP contribution is -2.53. The van der Waals surface area contributed by atoms with Crippen molar-refractivity contribution in [1.29, 1.82) is 0 Å². The number of piperidine rings is 2. The number of imide groups is 1. The summed E-state index contributed by atoms with van der Waals surface area (Å²) in [6.07, 6.45) is 6.04. The van der Waals surface area contributed by atoms with E-state index >= 15 is 0 Å². The molecule has 1 aromatic carbocycles. The molecular formula is C42H51ClN12O5. The van der Waals surface area contributed by atoms with E-state index in [2.05, 4.69) is 53.6 Å². The van der Waals surface area contributed by atoms with E-state index < -0.39 is 5.92 Å². The van der Waals surface area contributed by atoms with E-state index in [4.69, 9.17) is 26.4 Å². The van der Waals surface area contributed by atoms with Crippen LogP contribution in [0.1, 0.15) is 64.1 Å². The number of pyridine rings is 2. The predicted octanol–water partition coefficient (Wildman–Crippen LogP) is 4.12. The van der Waals surface area contributed by atoms with Gasteiger partial charge in [-0.2, -0.15) is 10.1 Å². The lowest BCUT2D eigenvalue weighted by molar-refractivity contribution is -0.134. The molecule has 3 aliphatic heterocycles. The number of fused-ring (bicyclic) bond motifs is 2. The number of piperazine rings is 1. The van der Waals surface area contributed by atoms with Crippen LogP contribution in [-0.2, 0) is 21.4 Å². The minimum Gasteiger partial charge on any atom is -0.478 e. The van der Waals surface area contributed by atoms with Crippen LogP contribution in [0.15, 0.2) is 47.5 Å². The molecule has 60 heavy (non-hydrogen) atoms. The summed E-state index contributed by atoms with van der Waals surface area (Å²) in [5, 5.41) is 15.0. The summed E-state index contributed by atoms with van der Waals surface area (Å²) in [7, 11) is 3.44. The van der Waals surface area contributed by atoms with E-state index in [0.717, 1.165) is 74.4 Å². The number of aryl methyl sites for hydroxylation is 1. The molecule has 3 fully saturated rings. The number of benzene rings is 1. The van der Waals surface area contributed by atoms with Gasteiger partial charge in [0.1, 0.15) is 10.7 Å². The Kier molecular flexibility index (Phi) is 11.6. The van der Waals surface area contributed by atoms with Crippen molar-refractivity contribution in [2.45, 2.75) is 64.5 Å². The SMILES string of the molecule is CNC(=O)COc1cc2cc(Nc3nc(N4CCC(C(C)N5CCN(c6cccc7c(C8CCC(=O)NC8=O)nn(C)c67)CC5)CC4)ncc3Cl)cnc2n(C(C)C)c1=O. The Balaban J connectivity index is 0.894. The van der Waals surface area contributed by atoms with E-state index in [1.165, 1.54) is 7.05 Å². The highest BCUT2D eigenvalue weighted by Crippen LogP contribution is 2.36. The average molecular weight is 839 g/mol. The normalized spacial score (nSPS) is 18.6. The number of ether oxygens (including phenoxy) is 1. The molecule has 316 valence electrons. The van der Waals surface area contributed by atoms with Crippen molar-refractivity contribution in [3.05, 3.63) is 63.8 Å². The molecule has 8 rings (SSSR count). The highest BCUT2D eigenvalue weighted by atomic mass is 35.5. The maximum atomic E-state index is 13.2. The standard InChI is InChI=1S/C42H51ClN12O5/c1-24(2)55-39-27(20-33(41(55)59)60-23-35(57)44-4)19-28(21-45-39)47-38-31(43)22-46-42(49-38)54-13-11-26(12-14-54)25(3)52-15-17-53(18-16-52)32-8-6-7-29-36(50-51(5)37(29)32)30-9-10-34(56)48-40(30)58/h6-8,19-22,24-26,30H,9-18,23H2,1-5H3,(H,44,57)(H,46,47,49)(H,48,56,58). The van der Waals surface area contributed by atoms with Crippen molar-refractivity contribution in [3.63, 3.8) is 0 Å². The number of amides is 3. The van der Waals surface area contributed by atoms with Gasteiger partial charge in [-0.3, -0.25) is 38.6 Å². The van der Waals surface area contributed by atoms with Crippen LogP contribution in [0.3, 0.4) is 0 Å². The number of para-hydroxylation sites is 1. The zero-order valence-electron chi connectivity index (χ0n) is 34.6. The number of nitrogens with zero attached hydrogens (tertiary/aromatic N) is 9.